The van der Waals surface area contributed by atoms with Crippen LogP contribution in [-0.2, 0) is 6.54 Å². The second-order valence-electron chi connectivity index (χ2n) is 9.71. The van der Waals surface area contributed by atoms with Crippen LogP contribution in [0.25, 0.3) is 50.1 Å². The molecule has 6 aromatic rings. The number of furan rings is 1. The molecule has 0 spiro atoms. The van der Waals surface area contributed by atoms with Crippen molar-refractivity contribution >= 4 is 22.1 Å². The predicted molar refractivity (Wildman–Crippen MR) is 150 cm³/mol. The van der Waals surface area contributed by atoms with Gasteiger partial charge in [0, 0.05) is 17.5 Å². The summed E-state index contributed by atoms with van der Waals surface area (Å²) in [6.07, 6.45) is 0. The highest BCUT2D eigenvalue weighted by Crippen LogP contribution is 2.36. The highest BCUT2D eigenvalue weighted by atomic mass is 16.3. The molecule has 0 aliphatic rings. The average Bonchev–Trinajstić information content (AvgIpc) is 3.28. The van der Waals surface area contributed by atoms with E-state index < -0.39 is 0 Å². The molecule has 0 atom stereocenters. The van der Waals surface area contributed by atoms with Crippen LogP contribution in [-0.4, -0.2) is 28.5 Å². The van der Waals surface area contributed by atoms with Gasteiger partial charge in [-0.1, -0.05) is 78.4 Å². The van der Waals surface area contributed by atoms with Gasteiger partial charge in [0.25, 0.3) is 0 Å². The lowest BCUT2D eigenvalue weighted by Crippen LogP contribution is -2.22. The van der Waals surface area contributed by atoms with Crippen molar-refractivity contribution in [2.75, 3.05) is 14.1 Å². The molecule has 0 bridgehead atoms. The minimum Gasteiger partial charge on any atom is -0.452 e. The fourth-order valence-corrected chi connectivity index (χ4v) is 4.83. The van der Waals surface area contributed by atoms with Crippen LogP contribution in [0.3, 0.4) is 0 Å². The molecule has 2 aromatic heterocycles. The minimum absolute atomic E-state index is 0.337. The molecule has 0 radical (unpaired) electrons. The van der Waals surface area contributed by atoms with Crippen LogP contribution < -0.4 is 5.69 Å². The van der Waals surface area contributed by atoms with Crippen molar-refractivity contribution in [3.63, 3.8) is 0 Å². The first-order valence-electron chi connectivity index (χ1n) is 12.3. The molecule has 0 aliphatic heterocycles. The Labute approximate surface area is 215 Å². The summed E-state index contributed by atoms with van der Waals surface area (Å²) in [6.45, 7) is 2.92. The molecule has 0 aliphatic carbocycles. The highest BCUT2D eigenvalue weighted by molar-refractivity contribution is 6.08. The summed E-state index contributed by atoms with van der Waals surface area (Å²) in [7, 11) is 4.13. The van der Waals surface area contributed by atoms with Gasteiger partial charge in [0.15, 0.2) is 5.58 Å². The van der Waals surface area contributed by atoms with Gasteiger partial charge in [-0.3, -0.25) is 4.57 Å². The first kappa shape index (κ1) is 23.0. The van der Waals surface area contributed by atoms with Crippen LogP contribution in [0.15, 0.2) is 106 Å². The Morgan fingerprint density at radius 3 is 2.22 bits per heavy atom. The lowest BCUT2D eigenvalue weighted by Gasteiger charge is -2.11. The van der Waals surface area contributed by atoms with E-state index in [0.717, 1.165) is 45.4 Å². The molecule has 182 valence electrons. The molecular weight excluding hydrogens is 458 g/mol. The van der Waals surface area contributed by atoms with E-state index in [1.54, 1.807) is 4.57 Å². The molecule has 0 saturated heterocycles. The Balaban J connectivity index is 1.62. The molecule has 0 fully saturated rings. The van der Waals surface area contributed by atoms with Gasteiger partial charge in [0.1, 0.15) is 16.8 Å². The van der Waals surface area contributed by atoms with Crippen LogP contribution in [0.1, 0.15) is 11.1 Å². The fourth-order valence-electron chi connectivity index (χ4n) is 4.83. The van der Waals surface area contributed by atoms with E-state index in [1.165, 1.54) is 5.56 Å². The van der Waals surface area contributed by atoms with E-state index in [9.17, 15) is 4.79 Å². The molecule has 5 heteroatoms. The first-order valence-corrected chi connectivity index (χ1v) is 12.3. The largest absolute Gasteiger partial charge is 0.452 e. The number of hydrogen-bond donors (Lipinski definition) is 0. The number of aromatic nitrogens is 2. The van der Waals surface area contributed by atoms with Gasteiger partial charge in [-0.15, -0.1) is 0 Å². The van der Waals surface area contributed by atoms with Gasteiger partial charge < -0.3 is 9.32 Å². The van der Waals surface area contributed by atoms with E-state index in [1.807, 2.05) is 67.6 Å². The average molecular weight is 486 g/mol. The molecule has 37 heavy (non-hydrogen) atoms. The second kappa shape index (κ2) is 9.19. The van der Waals surface area contributed by atoms with Gasteiger partial charge >= 0.3 is 5.69 Å². The van der Waals surface area contributed by atoms with Gasteiger partial charge in [0.2, 0.25) is 0 Å². The Bertz CT molecular complexity index is 1780. The van der Waals surface area contributed by atoms with Crippen LogP contribution in [0.4, 0.5) is 0 Å². The molecule has 4 aromatic carbocycles. The van der Waals surface area contributed by atoms with Gasteiger partial charge in [-0.2, -0.15) is 4.98 Å². The van der Waals surface area contributed by atoms with Gasteiger partial charge in [0.05, 0.1) is 5.69 Å². The van der Waals surface area contributed by atoms with Crippen LogP contribution in [0.5, 0.6) is 0 Å². The van der Waals surface area contributed by atoms with Crippen molar-refractivity contribution < 1.29 is 4.42 Å². The summed E-state index contributed by atoms with van der Waals surface area (Å²) in [4.78, 5) is 20.2. The highest BCUT2D eigenvalue weighted by Gasteiger charge is 2.21. The van der Waals surface area contributed by atoms with Crippen molar-refractivity contribution in [3.8, 4) is 28.1 Å². The lowest BCUT2D eigenvalue weighted by molar-refractivity contribution is 0.402. The number of benzene rings is 4. The fraction of sp³-hybridized carbons (Fsp3) is 0.125. The summed E-state index contributed by atoms with van der Waals surface area (Å²) in [6, 6.07) is 32.4. The van der Waals surface area contributed by atoms with E-state index in [2.05, 4.69) is 60.4 Å². The number of hydrogen-bond acceptors (Lipinski definition) is 4. The van der Waals surface area contributed by atoms with Crippen molar-refractivity contribution in [1.29, 1.82) is 0 Å². The molecular formula is C32H27N3O2. The normalized spacial score (nSPS) is 11.6. The Morgan fingerprint density at radius 1 is 0.811 bits per heavy atom. The minimum atomic E-state index is -0.337. The number of aryl methyl sites for hydroxylation is 1. The molecule has 5 nitrogen and oxygen atoms in total. The topological polar surface area (TPSA) is 51.3 Å². The molecule has 0 amide bonds. The summed E-state index contributed by atoms with van der Waals surface area (Å²) < 4.78 is 8.07. The van der Waals surface area contributed by atoms with Gasteiger partial charge in [-0.25, -0.2) is 4.79 Å². The maximum atomic E-state index is 13.5. The van der Waals surface area contributed by atoms with Crippen molar-refractivity contribution in [2.45, 2.75) is 13.5 Å². The predicted octanol–water partition coefficient (Wildman–Crippen LogP) is 6.84. The van der Waals surface area contributed by atoms with Crippen molar-refractivity contribution in [3.05, 3.63) is 119 Å². The SMILES string of the molecule is Cc1ccc(-n2c(=O)nc(-c3ccccc3)c3oc4ccc(-c5ccc(CN(C)C)cc5)cc4c32)cc1. The molecule has 0 saturated carbocycles. The van der Waals surface area contributed by atoms with Crippen molar-refractivity contribution in [1.82, 2.24) is 14.5 Å². The standard InChI is InChI=1S/C32H27N3O2/c1-21-9-16-26(17-10-21)35-30-27-19-25(23-13-11-22(12-14-23)20-34(2)3)15-18-28(27)37-31(30)29(33-32(35)36)24-7-5-4-6-8-24/h4-19H,20H2,1-3H3. The van der Waals surface area contributed by atoms with E-state index >= 15 is 0 Å². The quantitative estimate of drug-likeness (QED) is 0.268. The van der Waals surface area contributed by atoms with Gasteiger partial charge in [-0.05, 0) is 62.0 Å². The summed E-state index contributed by atoms with van der Waals surface area (Å²) in [5, 5.41) is 0.877. The molecule has 0 N–H and O–H groups in total. The summed E-state index contributed by atoms with van der Waals surface area (Å²) in [5.74, 6) is 0. The number of rotatable bonds is 5. The Hall–Kier alpha value is -4.48. The third-order valence-corrected chi connectivity index (χ3v) is 6.62. The lowest BCUT2D eigenvalue weighted by atomic mass is 10.0. The third kappa shape index (κ3) is 4.24. The summed E-state index contributed by atoms with van der Waals surface area (Å²) >= 11 is 0. The first-order chi connectivity index (χ1) is 18.0. The molecule has 2 heterocycles. The number of fused-ring (bicyclic) bond motifs is 3. The van der Waals surface area contributed by atoms with E-state index in [-0.39, 0.29) is 5.69 Å². The molecule has 6 rings (SSSR count). The Morgan fingerprint density at radius 2 is 1.51 bits per heavy atom. The van der Waals surface area contributed by atoms with Crippen LogP contribution in [0, 0.1) is 6.92 Å². The second-order valence-corrected chi connectivity index (χ2v) is 9.71. The van der Waals surface area contributed by atoms with Crippen LogP contribution >= 0.6 is 0 Å². The zero-order valence-electron chi connectivity index (χ0n) is 21.1. The number of nitrogens with zero attached hydrogens (tertiary/aromatic N) is 3. The Kier molecular flexibility index (Phi) is 5.70. The van der Waals surface area contributed by atoms with Crippen LogP contribution in [0.2, 0.25) is 0 Å². The van der Waals surface area contributed by atoms with E-state index in [0.29, 0.717) is 16.9 Å². The maximum absolute atomic E-state index is 13.5. The molecule has 0 unspecified atom stereocenters. The maximum Gasteiger partial charge on any atom is 0.353 e. The van der Waals surface area contributed by atoms with Crippen molar-refractivity contribution in [2.24, 2.45) is 0 Å². The zero-order valence-corrected chi connectivity index (χ0v) is 21.1. The monoisotopic (exact) mass is 485 g/mol. The van der Waals surface area contributed by atoms with E-state index in [4.69, 9.17) is 4.42 Å². The summed E-state index contributed by atoms with van der Waals surface area (Å²) in [5.41, 5.74) is 8.41. The smallest absolute Gasteiger partial charge is 0.353 e. The third-order valence-electron chi connectivity index (χ3n) is 6.62. The zero-order chi connectivity index (χ0) is 25.5.